The Kier molecular flexibility index (Phi) is 8.31. The highest BCUT2D eigenvalue weighted by molar-refractivity contribution is 6.13. The summed E-state index contributed by atoms with van der Waals surface area (Å²) >= 11 is 0. The van der Waals surface area contributed by atoms with E-state index in [9.17, 15) is 5.26 Å². The van der Waals surface area contributed by atoms with Crippen molar-refractivity contribution in [1.82, 2.24) is 14.1 Å². The Labute approximate surface area is 410 Å². The Morgan fingerprint density at radius 1 is 0.338 bits per heavy atom. The molecule has 10 aromatic carbocycles. The van der Waals surface area contributed by atoms with E-state index in [-0.39, 0.29) is 0 Å². The molecule has 2 aliphatic carbocycles. The molecule has 4 nitrogen and oxygen atoms in total. The van der Waals surface area contributed by atoms with E-state index >= 15 is 0 Å². The lowest BCUT2D eigenvalue weighted by Crippen LogP contribution is -2.26. The summed E-state index contributed by atoms with van der Waals surface area (Å²) < 4.78 is 4.62. The predicted octanol–water partition coefficient (Wildman–Crippen LogP) is 16.5. The average molecular weight is 901 g/mol. The summed E-state index contributed by atoms with van der Waals surface area (Å²) in [5, 5.41) is 16.3. The molecule has 1 spiro atoms. The number of para-hydroxylation sites is 2. The van der Waals surface area contributed by atoms with Crippen molar-refractivity contribution in [2.75, 3.05) is 0 Å². The first-order chi connectivity index (χ1) is 35.2. The van der Waals surface area contributed by atoms with E-state index in [1.54, 1.807) is 0 Å². The molecule has 328 valence electrons. The maximum Gasteiger partial charge on any atom is 0.104 e. The van der Waals surface area contributed by atoms with Gasteiger partial charge in [-0.25, -0.2) is 0 Å². The molecule has 0 radical (unpaired) electrons. The maximum atomic E-state index is 11.8. The SMILES string of the molecule is N#Cc1c(-n2c3ccccc3c3cc(-c4ccccc4)ccc32)cc(-c2cnc3c(c2)-c2ccccc2C32c3ccccc3-c3ccccc32)cc1-n1c2ccccc2c2cc(-c3ccccc3)ccc21. The molecule has 0 fully saturated rings. The minimum atomic E-state index is -0.554. The average Bonchev–Trinajstić information content (AvgIpc) is 4.15. The van der Waals surface area contributed by atoms with Gasteiger partial charge in [-0.1, -0.05) is 182 Å². The van der Waals surface area contributed by atoms with Crippen LogP contribution in [0.4, 0.5) is 0 Å². The highest BCUT2D eigenvalue weighted by Crippen LogP contribution is 2.62. The highest BCUT2D eigenvalue weighted by atomic mass is 15.0. The predicted molar refractivity (Wildman–Crippen MR) is 290 cm³/mol. The molecule has 3 aromatic heterocycles. The smallest absolute Gasteiger partial charge is 0.104 e. The fourth-order valence-corrected chi connectivity index (χ4v) is 12.4. The maximum absolute atomic E-state index is 11.8. The number of pyridine rings is 1. The first-order valence-corrected chi connectivity index (χ1v) is 24.3. The second kappa shape index (κ2) is 15.0. The van der Waals surface area contributed by atoms with Gasteiger partial charge in [-0.2, -0.15) is 5.26 Å². The number of hydrogen-bond acceptors (Lipinski definition) is 2. The van der Waals surface area contributed by atoms with Crippen LogP contribution in [-0.4, -0.2) is 14.1 Å². The summed E-state index contributed by atoms with van der Waals surface area (Å²) in [4.78, 5) is 5.61. The van der Waals surface area contributed by atoms with Crippen LogP contribution in [0.5, 0.6) is 0 Å². The van der Waals surface area contributed by atoms with E-state index in [0.29, 0.717) is 5.56 Å². The molecule has 0 amide bonds. The zero-order valence-corrected chi connectivity index (χ0v) is 38.4. The molecule has 71 heavy (non-hydrogen) atoms. The quantitative estimate of drug-likeness (QED) is 0.173. The number of fused-ring (bicyclic) bond motifs is 16. The monoisotopic (exact) mass is 900 g/mol. The fourth-order valence-electron chi connectivity index (χ4n) is 12.4. The molecule has 0 saturated heterocycles. The Bertz CT molecular complexity index is 4190. The van der Waals surface area contributed by atoms with Crippen molar-refractivity contribution in [1.29, 1.82) is 5.26 Å². The minimum absolute atomic E-state index is 0.554. The van der Waals surface area contributed by atoms with Crippen LogP contribution in [0.2, 0.25) is 0 Å². The summed E-state index contributed by atoms with van der Waals surface area (Å²) in [6.45, 7) is 0. The summed E-state index contributed by atoms with van der Waals surface area (Å²) in [5.74, 6) is 0. The molecule has 0 N–H and O–H groups in total. The Morgan fingerprint density at radius 2 is 0.761 bits per heavy atom. The van der Waals surface area contributed by atoms with Crippen molar-refractivity contribution in [2.45, 2.75) is 5.41 Å². The number of aromatic nitrogens is 3. The van der Waals surface area contributed by atoms with Crippen LogP contribution in [0.25, 0.3) is 111 Å². The number of rotatable bonds is 5. The van der Waals surface area contributed by atoms with E-state index in [1.807, 2.05) is 0 Å². The van der Waals surface area contributed by atoms with E-state index in [4.69, 9.17) is 4.98 Å². The molecule has 13 aromatic rings. The second-order valence-corrected chi connectivity index (χ2v) is 18.9. The molecule has 3 heterocycles. The molecule has 0 aliphatic heterocycles. The molecule has 4 heteroatoms. The van der Waals surface area contributed by atoms with E-state index in [2.05, 4.69) is 258 Å². The van der Waals surface area contributed by atoms with Crippen LogP contribution >= 0.6 is 0 Å². The van der Waals surface area contributed by atoms with Gasteiger partial charge in [-0.3, -0.25) is 4.98 Å². The zero-order chi connectivity index (χ0) is 46.8. The molecule has 15 rings (SSSR count). The second-order valence-electron chi connectivity index (χ2n) is 18.9. The topological polar surface area (TPSA) is 46.5 Å². The third-order valence-electron chi connectivity index (χ3n) is 15.4. The van der Waals surface area contributed by atoms with Gasteiger partial charge in [-0.15, -0.1) is 0 Å². The van der Waals surface area contributed by atoms with Gasteiger partial charge in [0.2, 0.25) is 0 Å². The number of nitriles is 1. The number of hydrogen-bond donors (Lipinski definition) is 0. The lowest BCUT2D eigenvalue weighted by Gasteiger charge is -2.29. The van der Waals surface area contributed by atoms with Gasteiger partial charge in [0, 0.05) is 38.9 Å². The molecular weight excluding hydrogens is 861 g/mol. The van der Waals surface area contributed by atoms with E-state index in [0.717, 1.165) is 99.6 Å². The van der Waals surface area contributed by atoms with Gasteiger partial charge in [-0.05, 0) is 116 Å². The van der Waals surface area contributed by atoms with E-state index < -0.39 is 5.41 Å². The Morgan fingerprint density at radius 3 is 1.25 bits per heavy atom. The van der Waals surface area contributed by atoms with Gasteiger partial charge in [0.1, 0.15) is 11.6 Å². The van der Waals surface area contributed by atoms with Crippen molar-refractivity contribution < 1.29 is 0 Å². The summed E-state index contributed by atoms with van der Waals surface area (Å²) in [7, 11) is 0. The van der Waals surface area contributed by atoms with Crippen LogP contribution in [0, 0.1) is 11.3 Å². The molecule has 0 saturated carbocycles. The molecule has 2 aliphatic rings. The number of benzene rings is 10. The summed E-state index contributed by atoms with van der Waals surface area (Å²) in [6, 6.07) is 87.9. The van der Waals surface area contributed by atoms with Crippen LogP contribution in [0.3, 0.4) is 0 Å². The fraction of sp³-hybridized carbons (Fsp3) is 0.0149. The standard InChI is InChI=1S/C67H40N4/c68-40-56-64(70-60-29-15-10-24-51(60)53-35-44(31-33-62(53)70)42-17-3-1-4-18-42)38-46(39-65(56)71-61-30-16-11-25-52(61)54-36-45(32-34-63(54)71)43-19-5-2-6-20-43)47-37-55-50-23-9-14-28-59(50)67(66(55)69-41-47)57-26-12-7-21-48(57)49-22-8-13-27-58(49)67/h1-39,41H. The van der Waals surface area contributed by atoms with E-state index in [1.165, 1.54) is 33.4 Å². The van der Waals surface area contributed by atoms with Crippen molar-refractivity contribution >= 4 is 43.6 Å². The Hall–Kier alpha value is -9.56. The van der Waals surface area contributed by atoms with Gasteiger partial charge in [0.15, 0.2) is 0 Å². The molecule has 0 atom stereocenters. The zero-order valence-electron chi connectivity index (χ0n) is 38.4. The van der Waals surface area contributed by atoms with Gasteiger partial charge < -0.3 is 9.13 Å². The first kappa shape index (κ1) is 39.4. The molecular formula is C67H40N4. The van der Waals surface area contributed by atoms with Crippen molar-refractivity contribution in [3.8, 4) is 73.1 Å². The Balaban J connectivity index is 1.03. The molecule has 0 bridgehead atoms. The molecule has 0 unspecified atom stereocenters. The highest BCUT2D eigenvalue weighted by Gasteiger charge is 2.52. The van der Waals surface area contributed by atoms with Gasteiger partial charge in [0.25, 0.3) is 0 Å². The van der Waals surface area contributed by atoms with Gasteiger partial charge in [0.05, 0.1) is 44.6 Å². The number of nitrogens with zero attached hydrogens (tertiary/aromatic N) is 4. The van der Waals surface area contributed by atoms with Crippen LogP contribution in [0.15, 0.2) is 243 Å². The van der Waals surface area contributed by atoms with Gasteiger partial charge >= 0.3 is 0 Å². The van der Waals surface area contributed by atoms with Crippen molar-refractivity contribution in [3.63, 3.8) is 0 Å². The normalized spacial score (nSPS) is 12.9. The largest absolute Gasteiger partial charge is 0.308 e. The summed E-state index contributed by atoms with van der Waals surface area (Å²) in [6.07, 6.45) is 2.07. The van der Waals surface area contributed by atoms with Crippen LogP contribution in [-0.2, 0) is 5.41 Å². The third kappa shape index (κ3) is 5.46. The lowest BCUT2D eigenvalue weighted by atomic mass is 9.72. The van der Waals surface area contributed by atoms with Crippen molar-refractivity contribution in [2.24, 2.45) is 0 Å². The third-order valence-corrected chi connectivity index (χ3v) is 15.4. The van der Waals surface area contributed by atoms with Crippen molar-refractivity contribution in [3.05, 3.63) is 271 Å². The summed E-state index contributed by atoms with van der Waals surface area (Å²) in [5.41, 5.74) is 21.9. The first-order valence-electron chi connectivity index (χ1n) is 24.3. The minimum Gasteiger partial charge on any atom is -0.308 e. The van der Waals surface area contributed by atoms with Crippen LogP contribution in [0.1, 0.15) is 27.9 Å². The van der Waals surface area contributed by atoms with Crippen LogP contribution < -0.4 is 0 Å². The lowest BCUT2D eigenvalue weighted by molar-refractivity contribution is 0.760.